The second-order valence-corrected chi connectivity index (χ2v) is 4.41. The van der Waals surface area contributed by atoms with Crippen molar-refractivity contribution in [2.45, 2.75) is 0 Å². The molecule has 0 aliphatic heterocycles. The zero-order valence-electron chi connectivity index (χ0n) is 7.35. The Morgan fingerprint density at radius 2 is 1.93 bits per heavy atom. The summed E-state index contributed by atoms with van der Waals surface area (Å²) in [5.74, 6) is 0.145. The Kier molecular flexibility index (Phi) is 2.97. The molecule has 0 radical (unpaired) electrons. The second kappa shape index (κ2) is 4.24. The highest BCUT2D eigenvalue weighted by atomic mass is 79.9. The second-order valence-electron chi connectivity index (χ2n) is 2.76. The van der Waals surface area contributed by atoms with Gasteiger partial charge in [-0.1, -0.05) is 6.07 Å². The average molecular weight is 331 g/mol. The van der Waals surface area contributed by atoms with Crippen LogP contribution in [0.25, 0.3) is 11.3 Å². The Bertz CT molecular complexity index is 490. The van der Waals surface area contributed by atoms with Gasteiger partial charge in [0.05, 0.1) is 20.8 Å². The topological polar surface area (TPSA) is 58.9 Å². The van der Waals surface area contributed by atoms with Crippen LogP contribution in [-0.4, -0.2) is 20.5 Å². The van der Waals surface area contributed by atoms with Crippen LogP contribution in [0, 0.1) is 0 Å². The number of aromatic hydroxyl groups is 1. The molecule has 0 bridgehead atoms. The van der Waals surface area contributed by atoms with Gasteiger partial charge >= 0.3 is 0 Å². The van der Waals surface area contributed by atoms with E-state index in [4.69, 9.17) is 0 Å². The van der Waals surface area contributed by atoms with Crippen LogP contribution in [0.5, 0.6) is 5.75 Å². The third-order valence-electron chi connectivity index (χ3n) is 1.85. The first-order chi connectivity index (χ1) is 7.20. The predicted molar refractivity (Wildman–Crippen MR) is 62.3 cm³/mol. The van der Waals surface area contributed by atoms with Gasteiger partial charge in [-0.25, -0.2) is 0 Å². The van der Waals surface area contributed by atoms with Gasteiger partial charge in [0, 0.05) is 5.56 Å². The quantitative estimate of drug-likeness (QED) is 0.873. The average Bonchev–Trinajstić information content (AvgIpc) is 2.27. The molecule has 0 amide bonds. The number of nitrogens with zero attached hydrogens (tertiary/aromatic N) is 3. The van der Waals surface area contributed by atoms with Crippen molar-refractivity contribution in [3.63, 3.8) is 0 Å². The summed E-state index contributed by atoms with van der Waals surface area (Å²) in [7, 11) is 0. The largest absolute Gasteiger partial charge is 0.506 e. The van der Waals surface area contributed by atoms with E-state index in [0.717, 1.165) is 5.56 Å². The van der Waals surface area contributed by atoms with Crippen LogP contribution in [0.4, 0.5) is 0 Å². The molecule has 0 saturated carbocycles. The molecule has 0 aliphatic carbocycles. The van der Waals surface area contributed by atoms with Crippen LogP contribution < -0.4 is 0 Å². The van der Waals surface area contributed by atoms with Gasteiger partial charge in [0.15, 0.2) is 0 Å². The Labute approximate surface area is 103 Å². The first-order valence-electron chi connectivity index (χ1n) is 4.02. The van der Waals surface area contributed by atoms with Gasteiger partial charge in [-0.2, -0.15) is 0 Å². The summed E-state index contributed by atoms with van der Waals surface area (Å²) in [6, 6.07) is 5.30. The van der Waals surface area contributed by atoms with E-state index in [0.29, 0.717) is 14.6 Å². The maximum atomic E-state index is 9.69. The highest BCUT2D eigenvalue weighted by Crippen LogP contribution is 2.38. The molecule has 1 N–H and O–H groups in total. The fourth-order valence-electron chi connectivity index (χ4n) is 1.12. The Morgan fingerprint density at radius 3 is 2.60 bits per heavy atom. The summed E-state index contributed by atoms with van der Waals surface area (Å²) >= 11 is 6.52. The molecule has 1 heterocycles. The lowest BCUT2D eigenvalue weighted by Gasteiger charge is -2.05. The highest BCUT2D eigenvalue weighted by Gasteiger charge is 2.11. The fraction of sp³-hybridized carbons (Fsp3) is 0. The van der Waals surface area contributed by atoms with Gasteiger partial charge in [-0.05, 0) is 49.2 Å². The summed E-state index contributed by atoms with van der Waals surface area (Å²) in [5.41, 5.74) is 1.42. The fourth-order valence-corrected chi connectivity index (χ4v) is 2.27. The van der Waals surface area contributed by atoms with Gasteiger partial charge in [-0.15, -0.1) is 10.2 Å². The van der Waals surface area contributed by atoms with Crippen LogP contribution in [0.2, 0.25) is 0 Å². The number of hydrogen-bond donors (Lipinski definition) is 1. The van der Waals surface area contributed by atoms with Crippen LogP contribution >= 0.6 is 31.9 Å². The smallest absolute Gasteiger partial charge is 0.144 e. The van der Waals surface area contributed by atoms with Crippen molar-refractivity contribution in [3.8, 4) is 17.0 Å². The SMILES string of the molecule is Oc1c(Br)ccc(-c2ccnnn2)c1Br. The third-order valence-corrected chi connectivity index (χ3v) is 3.29. The van der Waals surface area contributed by atoms with Crippen molar-refractivity contribution in [1.82, 2.24) is 15.4 Å². The highest BCUT2D eigenvalue weighted by molar-refractivity contribution is 9.11. The molecule has 0 atom stereocenters. The van der Waals surface area contributed by atoms with Gasteiger partial charge < -0.3 is 5.11 Å². The van der Waals surface area contributed by atoms with Gasteiger partial charge in [0.1, 0.15) is 5.75 Å². The Hall–Kier alpha value is -1.01. The van der Waals surface area contributed by atoms with Crippen molar-refractivity contribution in [1.29, 1.82) is 0 Å². The van der Waals surface area contributed by atoms with Crippen LogP contribution in [-0.2, 0) is 0 Å². The van der Waals surface area contributed by atoms with E-state index in [2.05, 4.69) is 47.3 Å². The summed E-state index contributed by atoms with van der Waals surface area (Å²) in [6.45, 7) is 0. The lowest BCUT2D eigenvalue weighted by molar-refractivity contribution is 0.469. The number of halogens is 2. The zero-order chi connectivity index (χ0) is 10.8. The molecule has 1 aromatic heterocycles. The van der Waals surface area contributed by atoms with Crippen LogP contribution in [0.15, 0.2) is 33.3 Å². The molecule has 2 aromatic rings. The molecule has 4 nitrogen and oxygen atoms in total. The van der Waals surface area contributed by atoms with Crippen molar-refractivity contribution in [2.24, 2.45) is 0 Å². The van der Waals surface area contributed by atoms with Gasteiger partial charge in [0.25, 0.3) is 0 Å². The minimum Gasteiger partial charge on any atom is -0.506 e. The first kappa shape index (κ1) is 10.5. The number of benzene rings is 1. The maximum absolute atomic E-state index is 9.69. The van der Waals surface area contributed by atoms with E-state index in [-0.39, 0.29) is 5.75 Å². The monoisotopic (exact) mass is 329 g/mol. The van der Waals surface area contributed by atoms with E-state index in [1.807, 2.05) is 6.07 Å². The lowest BCUT2D eigenvalue weighted by Crippen LogP contribution is -1.90. The molecule has 76 valence electrons. The molecule has 1 aromatic carbocycles. The van der Waals surface area contributed by atoms with Crippen LogP contribution in [0.3, 0.4) is 0 Å². The molecular formula is C9H5Br2N3O. The van der Waals surface area contributed by atoms with E-state index >= 15 is 0 Å². The predicted octanol–water partition coefficient (Wildman–Crippen LogP) is 2.77. The molecule has 2 rings (SSSR count). The minimum absolute atomic E-state index is 0.145. The molecular weight excluding hydrogens is 326 g/mol. The standard InChI is InChI=1S/C9H5Br2N3O/c10-6-2-1-5(8(11)9(6)15)7-3-4-12-14-13-7/h1-4,15H. The van der Waals surface area contributed by atoms with E-state index in [9.17, 15) is 5.11 Å². The Balaban J connectivity index is 2.60. The minimum atomic E-state index is 0.145. The van der Waals surface area contributed by atoms with Crippen LogP contribution in [0.1, 0.15) is 0 Å². The van der Waals surface area contributed by atoms with Crippen molar-refractivity contribution >= 4 is 31.9 Å². The first-order valence-corrected chi connectivity index (χ1v) is 5.60. The van der Waals surface area contributed by atoms with Gasteiger partial charge in [-0.3, -0.25) is 0 Å². The number of hydrogen-bond acceptors (Lipinski definition) is 4. The summed E-state index contributed by atoms with van der Waals surface area (Å²) in [4.78, 5) is 0. The number of phenolic OH excluding ortho intramolecular Hbond substituents is 1. The third kappa shape index (κ3) is 2.00. The summed E-state index contributed by atoms with van der Waals surface area (Å²) in [6.07, 6.45) is 1.55. The maximum Gasteiger partial charge on any atom is 0.144 e. The zero-order valence-corrected chi connectivity index (χ0v) is 10.5. The van der Waals surface area contributed by atoms with E-state index in [1.54, 1.807) is 18.3 Å². The van der Waals surface area contributed by atoms with E-state index in [1.165, 1.54) is 0 Å². The normalized spacial score (nSPS) is 10.3. The molecule has 0 fully saturated rings. The number of rotatable bonds is 1. The van der Waals surface area contributed by atoms with Crippen molar-refractivity contribution < 1.29 is 5.11 Å². The molecule has 0 spiro atoms. The lowest BCUT2D eigenvalue weighted by atomic mass is 10.1. The molecule has 0 aliphatic rings. The number of phenols is 1. The molecule has 0 saturated heterocycles. The molecule has 6 heteroatoms. The molecule has 0 unspecified atom stereocenters. The number of aromatic nitrogens is 3. The van der Waals surface area contributed by atoms with Crippen molar-refractivity contribution in [3.05, 3.63) is 33.3 Å². The van der Waals surface area contributed by atoms with E-state index < -0.39 is 0 Å². The summed E-state index contributed by atoms with van der Waals surface area (Å²) < 4.78 is 1.21. The van der Waals surface area contributed by atoms with Crippen molar-refractivity contribution in [2.75, 3.05) is 0 Å². The Morgan fingerprint density at radius 1 is 1.13 bits per heavy atom. The van der Waals surface area contributed by atoms with Gasteiger partial charge in [0.2, 0.25) is 0 Å². The summed E-state index contributed by atoms with van der Waals surface area (Å²) in [5, 5.41) is 20.7. The molecule has 15 heavy (non-hydrogen) atoms.